The molecule has 0 unspecified atom stereocenters. The van der Waals surface area contributed by atoms with Gasteiger partial charge >= 0.3 is 0 Å². The lowest BCUT2D eigenvalue weighted by molar-refractivity contribution is 1.18. The van der Waals surface area contributed by atoms with E-state index in [4.69, 9.17) is 0 Å². The molecule has 1 aliphatic rings. The lowest BCUT2D eigenvalue weighted by Crippen LogP contribution is -1.80. The SMILES string of the molecule is C=C1C(CC)=Cc2ccccc21. The van der Waals surface area contributed by atoms with Gasteiger partial charge in [0.05, 0.1) is 0 Å². The fourth-order valence-electron chi connectivity index (χ4n) is 1.66. The molecule has 0 saturated heterocycles. The van der Waals surface area contributed by atoms with Crippen LogP contribution in [0, 0.1) is 0 Å². The molecule has 2 rings (SSSR count). The van der Waals surface area contributed by atoms with Crippen molar-refractivity contribution in [3.63, 3.8) is 0 Å². The van der Waals surface area contributed by atoms with E-state index in [9.17, 15) is 0 Å². The summed E-state index contributed by atoms with van der Waals surface area (Å²) in [7, 11) is 0. The second-order valence-corrected chi connectivity index (χ2v) is 3.09. The molecular weight excluding hydrogens is 144 g/mol. The van der Waals surface area contributed by atoms with Crippen LogP contribution in [0.15, 0.2) is 36.4 Å². The normalized spacial score (nSPS) is 14.4. The smallest absolute Gasteiger partial charge is 0.0115 e. The highest BCUT2D eigenvalue weighted by Crippen LogP contribution is 2.35. The number of allylic oxidation sites excluding steroid dienone is 2. The molecule has 0 aromatic heterocycles. The molecule has 0 bridgehead atoms. The maximum absolute atomic E-state index is 4.08. The average Bonchev–Trinajstić information content (AvgIpc) is 2.44. The highest BCUT2D eigenvalue weighted by molar-refractivity contribution is 5.93. The Labute approximate surface area is 73.2 Å². The highest BCUT2D eigenvalue weighted by Gasteiger charge is 2.13. The van der Waals surface area contributed by atoms with Crippen molar-refractivity contribution in [3.8, 4) is 0 Å². The van der Waals surface area contributed by atoms with Gasteiger partial charge in [-0.15, -0.1) is 0 Å². The van der Waals surface area contributed by atoms with Gasteiger partial charge in [-0.25, -0.2) is 0 Å². The van der Waals surface area contributed by atoms with Crippen LogP contribution < -0.4 is 0 Å². The summed E-state index contributed by atoms with van der Waals surface area (Å²) in [6.07, 6.45) is 3.31. The fraction of sp³-hybridized carbons (Fsp3) is 0.167. The van der Waals surface area contributed by atoms with Gasteiger partial charge in [0.2, 0.25) is 0 Å². The van der Waals surface area contributed by atoms with Crippen LogP contribution >= 0.6 is 0 Å². The molecular formula is C12H12. The van der Waals surface area contributed by atoms with Crippen molar-refractivity contribution < 1.29 is 0 Å². The summed E-state index contributed by atoms with van der Waals surface area (Å²) in [4.78, 5) is 0. The summed E-state index contributed by atoms with van der Waals surface area (Å²) in [6.45, 7) is 6.25. The van der Waals surface area contributed by atoms with E-state index < -0.39 is 0 Å². The van der Waals surface area contributed by atoms with E-state index in [0.29, 0.717) is 0 Å². The Hall–Kier alpha value is -1.30. The van der Waals surface area contributed by atoms with Gasteiger partial charge < -0.3 is 0 Å². The molecule has 0 fully saturated rings. The molecule has 1 aromatic rings. The van der Waals surface area contributed by atoms with Crippen LogP contribution in [0.3, 0.4) is 0 Å². The highest BCUT2D eigenvalue weighted by atomic mass is 14.2. The standard InChI is InChI=1S/C12H12/c1-3-10-8-11-6-4-5-7-12(11)9(10)2/h4-8H,2-3H2,1H3. The van der Waals surface area contributed by atoms with Gasteiger partial charge in [-0.05, 0) is 28.7 Å². The van der Waals surface area contributed by atoms with E-state index in [-0.39, 0.29) is 0 Å². The van der Waals surface area contributed by atoms with Crippen LogP contribution in [-0.4, -0.2) is 0 Å². The summed E-state index contributed by atoms with van der Waals surface area (Å²) in [5, 5.41) is 0. The molecule has 0 amide bonds. The first-order valence-corrected chi connectivity index (χ1v) is 4.32. The maximum atomic E-state index is 4.08. The molecule has 0 spiro atoms. The van der Waals surface area contributed by atoms with E-state index in [1.807, 2.05) is 0 Å². The van der Waals surface area contributed by atoms with Crippen molar-refractivity contribution in [2.75, 3.05) is 0 Å². The topological polar surface area (TPSA) is 0 Å². The molecule has 12 heavy (non-hydrogen) atoms. The van der Waals surface area contributed by atoms with Crippen molar-refractivity contribution in [1.29, 1.82) is 0 Å². The predicted molar refractivity (Wildman–Crippen MR) is 53.7 cm³/mol. The van der Waals surface area contributed by atoms with Crippen LogP contribution in [0.25, 0.3) is 11.6 Å². The van der Waals surface area contributed by atoms with E-state index >= 15 is 0 Å². The molecule has 0 heterocycles. The monoisotopic (exact) mass is 156 g/mol. The van der Waals surface area contributed by atoms with Crippen molar-refractivity contribution in [1.82, 2.24) is 0 Å². The van der Waals surface area contributed by atoms with Gasteiger partial charge in [0.25, 0.3) is 0 Å². The van der Waals surface area contributed by atoms with Crippen molar-refractivity contribution >= 4 is 11.6 Å². The lowest BCUT2D eigenvalue weighted by atomic mass is 10.0. The van der Waals surface area contributed by atoms with E-state index in [1.165, 1.54) is 22.3 Å². The predicted octanol–water partition coefficient (Wildman–Crippen LogP) is 3.51. The summed E-state index contributed by atoms with van der Waals surface area (Å²) in [5.41, 5.74) is 5.19. The summed E-state index contributed by atoms with van der Waals surface area (Å²) in [6, 6.07) is 8.41. The fourth-order valence-corrected chi connectivity index (χ4v) is 1.66. The second kappa shape index (κ2) is 2.63. The molecule has 1 aromatic carbocycles. The molecule has 0 saturated carbocycles. The van der Waals surface area contributed by atoms with Gasteiger partial charge in [-0.3, -0.25) is 0 Å². The van der Waals surface area contributed by atoms with Gasteiger partial charge in [0.1, 0.15) is 0 Å². The van der Waals surface area contributed by atoms with Gasteiger partial charge in [-0.1, -0.05) is 43.8 Å². The zero-order valence-electron chi connectivity index (χ0n) is 7.30. The van der Waals surface area contributed by atoms with Crippen LogP contribution in [0.1, 0.15) is 24.5 Å². The Morgan fingerprint density at radius 3 is 2.67 bits per heavy atom. The first-order chi connectivity index (χ1) is 5.83. The molecule has 0 atom stereocenters. The van der Waals surface area contributed by atoms with Crippen LogP contribution in [-0.2, 0) is 0 Å². The van der Waals surface area contributed by atoms with Gasteiger partial charge in [0.15, 0.2) is 0 Å². The number of hydrogen-bond donors (Lipinski definition) is 0. The van der Waals surface area contributed by atoms with Crippen LogP contribution in [0.2, 0.25) is 0 Å². The van der Waals surface area contributed by atoms with Gasteiger partial charge in [0, 0.05) is 0 Å². The Bertz CT molecular complexity index is 356. The number of fused-ring (bicyclic) bond motifs is 1. The first-order valence-electron chi connectivity index (χ1n) is 4.32. The Kier molecular flexibility index (Phi) is 1.61. The average molecular weight is 156 g/mol. The van der Waals surface area contributed by atoms with E-state index in [2.05, 4.69) is 43.8 Å². The third kappa shape index (κ3) is 0.918. The first kappa shape index (κ1) is 7.35. The zero-order chi connectivity index (χ0) is 8.55. The van der Waals surface area contributed by atoms with Gasteiger partial charge in [-0.2, -0.15) is 0 Å². The summed E-state index contributed by atoms with van der Waals surface area (Å²) >= 11 is 0. The Morgan fingerprint density at radius 2 is 2.00 bits per heavy atom. The van der Waals surface area contributed by atoms with E-state index in [0.717, 1.165) is 6.42 Å². The van der Waals surface area contributed by atoms with Crippen LogP contribution in [0.5, 0.6) is 0 Å². The van der Waals surface area contributed by atoms with Crippen molar-refractivity contribution in [2.45, 2.75) is 13.3 Å². The number of hydrogen-bond acceptors (Lipinski definition) is 0. The molecule has 60 valence electrons. The minimum Gasteiger partial charge on any atom is -0.0909 e. The molecule has 0 N–H and O–H groups in total. The molecule has 0 radical (unpaired) electrons. The van der Waals surface area contributed by atoms with E-state index in [1.54, 1.807) is 0 Å². The summed E-state index contributed by atoms with van der Waals surface area (Å²) < 4.78 is 0. The number of rotatable bonds is 1. The maximum Gasteiger partial charge on any atom is -0.0115 e. The number of benzene rings is 1. The van der Waals surface area contributed by atoms with Crippen molar-refractivity contribution in [3.05, 3.63) is 47.5 Å². The second-order valence-electron chi connectivity index (χ2n) is 3.09. The quantitative estimate of drug-likeness (QED) is 0.583. The van der Waals surface area contributed by atoms with Crippen molar-refractivity contribution in [2.24, 2.45) is 0 Å². The molecule has 1 aliphatic carbocycles. The molecule has 0 heteroatoms. The molecule has 0 aliphatic heterocycles. The molecule has 0 nitrogen and oxygen atoms in total. The third-order valence-electron chi connectivity index (χ3n) is 2.38. The third-order valence-corrected chi connectivity index (χ3v) is 2.38. The van der Waals surface area contributed by atoms with Crippen LogP contribution in [0.4, 0.5) is 0 Å². The summed E-state index contributed by atoms with van der Waals surface area (Å²) in [5.74, 6) is 0. The minimum absolute atomic E-state index is 1.08. The lowest BCUT2D eigenvalue weighted by Gasteiger charge is -2.00. The zero-order valence-corrected chi connectivity index (χ0v) is 7.30. The Balaban J connectivity index is 2.54. The minimum atomic E-state index is 1.08. The largest absolute Gasteiger partial charge is 0.0909 e. The Morgan fingerprint density at radius 1 is 1.25 bits per heavy atom.